The molecule has 0 bridgehead atoms. The van der Waals surface area contributed by atoms with Crippen LogP contribution in [0.3, 0.4) is 0 Å². The van der Waals surface area contributed by atoms with Crippen LogP contribution in [0.2, 0.25) is 0 Å². The van der Waals surface area contributed by atoms with Crippen molar-refractivity contribution in [3.8, 4) is 22.3 Å². The van der Waals surface area contributed by atoms with Gasteiger partial charge < -0.3 is 19.6 Å². The molecule has 568 valence electrons. The van der Waals surface area contributed by atoms with Gasteiger partial charge in [-0.1, -0.05) is 376 Å². The number of hydrogen-bond donors (Lipinski definition) is 0. The van der Waals surface area contributed by atoms with Crippen molar-refractivity contribution in [3.05, 3.63) is 496 Å². The quantitative estimate of drug-likeness (QED) is 0.0894. The van der Waals surface area contributed by atoms with Gasteiger partial charge in [0.25, 0.3) is 0 Å². The van der Waals surface area contributed by atoms with E-state index in [-0.39, 0.29) is 0 Å². The van der Waals surface area contributed by atoms with Crippen molar-refractivity contribution < 1.29 is 0 Å². The van der Waals surface area contributed by atoms with Crippen LogP contribution in [0.15, 0.2) is 485 Å². The summed E-state index contributed by atoms with van der Waals surface area (Å²) in [5.41, 5.74) is 17.1. The van der Waals surface area contributed by atoms with Gasteiger partial charge in [0.1, 0.15) is 11.3 Å². The second-order valence-electron chi connectivity index (χ2n) is 31.6. The number of rotatable bonds is 16. The van der Waals surface area contributed by atoms with E-state index in [1.165, 1.54) is 131 Å². The first-order chi connectivity index (χ1) is 59.4. The first-order valence-electron chi connectivity index (χ1n) is 41.6. The third-order valence-corrected chi connectivity index (χ3v) is 24.4. The third kappa shape index (κ3) is 13.9. The Morgan fingerprint density at radius 1 is 0.150 bits per heavy atom. The maximum absolute atomic E-state index is 2.58. The van der Waals surface area contributed by atoms with Crippen LogP contribution < -0.4 is 19.6 Å². The van der Waals surface area contributed by atoms with Crippen LogP contribution in [0.4, 0.5) is 45.5 Å². The number of allylic oxidation sites excluding steroid dienone is 4. The van der Waals surface area contributed by atoms with Crippen molar-refractivity contribution in [1.82, 2.24) is 0 Å². The van der Waals surface area contributed by atoms with Gasteiger partial charge in [-0.3, -0.25) is 0 Å². The first kappa shape index (κ1) is 72.3. The minimum atomic E-state index is -0.747. The van der Waals surface area contributed by atoms with E-state index in [4.69, 9.17) is 0 Å². The van der Waals surface area contributed by atoms with Gasteiger partial charge in [-0.25, -0.2) is 0 Å². The lowest BCUT2D eigenvalue weighted by Crippen LogP contribution is -2.57. The highest BCUT2D eigenvalue weighted by atomic mass is 15.4. The largest absolute Gasteiger partial charge is 0.314 e. The summed E-state index contributed by atoms with van der Waals surface area (Å²) in [7, 11) is 0. The molecule has 0 aliphatic heterocycles. The molecule has 0 spiro atoms. The fourth-order valence-corrected chi connectivity index (χ4v) is 18.4. The Labute approximate surface area is 700 Å². The summed E-state index contributed by atoms with van der Waals surface area (Å²) in [6.45, 7) is 0. The van der Waals surface area contributed by atoms with Gasteiger partial charge in [0.15, 0.2) is 0 Å². The number of fused-ring (bicyclic) bond motifs is 8. The SMILES string of the molecule is C1=CC(N(c2ccc3ccccc3c2)c2ccc3ccccc3c2)(N(c2ccc3ccccc3c2)c2ccc3ccccc3c2)CC=C1c1ccc(-c2ccccc2)cc1.C1=CC(N(c2ccc3ccccc3c2)c2ccc3ccccc3c2)(N(c2ccc3ccccc3c2)c2ccc3ccccc3c2)CC=C1c1ccc(-c2ccccc2)cc1. The monoisotopic (exact) mass is 1530 g/mol. The van der Waals surface area contributed by atoms with Crippen LogP contribution in [0, 0.1) is 0 Å². The van der Waals surface area contributed by atoms with Gasteiger partial charge >= 0.3 is 0 Å². The number of benzene rings is 20. The summed E-state index contributed by atoms with van der Waals surface area (Å²) in [5.74, 6) is 0. The molecule has 0 N–H and O–H groups in total. The van der Waals surface area contributed by atoms with E-state index in [1.807, 2.05) is 0 Å². The van der Waals surface area contributed by atoms with Crippen molar-refractivity contribution in [2.75, 3.05) is 19.6 Å². The molecule has 2 aliphatic carbocycles. The molecule has 0 amide bonds. The summed E-state index contributed by atoms with van der Waals surface area (Å²) in [4.78, 5) is 10.3. The Kier molecular flexibility index (Phi) is 18.9. The fraction of sp³-hybridized carbons (Fsp3) is 0.0345. The Morgan fingerprint density at radius 3 is 0.500 bits per heavy atom. The van der Waals surface area contributed by atoms with E-state index in [0.717, 1.165) is 45.5 Å². The molecule has 2 aliphatic rings. The summed E-state index contributed by atoms with van der Waals surface area (Å²) in [6, 6.07) is 164. The molecular formula is C116H84N4. The lowest BCUT2D eigenvalue weighted by Gasteiger charge is -2.52. The highest BCUT2D eigenvalue weighted by molar-refractivity contribution is 5.99. The fourth-order valence-electron chi connectivity index (χ4n) is 18.4. The van der Waals surface area contributed by atoms with Crippen LogP contribution in [0.25, 0.3) is 120 Å². The van der Waals surface area contributed by atoms with E-state index in [1.54, 1.807) is 0 Å². The van der Waals surface area contributed by atoms with E-state index < -0.39 is 11.3 Å². The number of hydrogen-bond acceptors (Lipinski definition) is 4. The average molecular weight is 1530 g/mol. The minimum Gasteiger partial charge on any atom is -0.314 e. The summed E-state index contributed by atoms with van der Waals surface area (Å²) in [5, 5.41) is 19.4. The van der Waals surface area contributed by atoms with Gasteiger partial charge in [0, 0.05) is 58.3 Å². The number of anilines is 8. The smallest absolute Gasteiger partial charge is 0.145 e. The van der Waals surface area contributed by atoms with Gasteiger partial charge in [0.05, 0.1) is 0 Å². The topological polar surface area (TPSA) is 13.0 Å². The van der Waals surface area contributed by atoms with E-state index in [9.17, 15) is 0 Å². The zero-order valence-corrected chi connectivity index (χ0v) is 66.4. The molecule has 0 radical (unpaired) electrons. The van der Waals surface area contributed by atoms with Crippen LogP contribution in [-0.2, 0) is 0 Å². The van der Waals surface area contributed by atoms with Crippen molar-refractivity contribution >= 4 is 143 Å². The second-order valence-corrected chi connectivity index (χ2v) is 31.6. The van der Waals surface area contributed by atoms with E-state index >= 15 is 0 Å². The Hall–Kier alpha value is -15.4. The highest BCUT2D eigenvalue weighted by Crippen LogP contribution is 2.52. The van der Waals surface area contributed by atoms with Crippen LogP contribution in [-0.4, -0.2) is 11.3 Å². The lowest BCUT2D eigenvalue weighted by atomic mass is 9.87. The van der Waals surface area contributed by atoms with Gasteiger partial charge in [0.2, 0.25) is 0 Å². The van der Waals surface area contributed by atoms with E-state index in [0.29, 0.717) is 12.8 Å². The summed E-state index contributed by atoms with van der Waals surface area (Å²) in [6.07, 6.45) is 15.9. The molecule has 0 unspecified atom stereocenters. The molecule has 0 atom stereocenters. The first-order valence-corrected chi connectivity index (χ1v) is 41.6. The Balaban J connectivity index is 0.000000148. The maximum Gasteiger partial charge on any atom is 0.145 e. The molecule has 120 heavy (non-hydrogen) atoms. The molecule has 20 aromatic rings. The van der Waals surface area contributed by atoms with Gasteiger partial charge in [-0.2, -0.15) is 0 Å². The predicted molar refractivity (Wildman–Crippen MR) is 513 cm³/mol. The molecule has 22 rings (SSSR count). The molecule has 20 aromatic carbocycles. The predicted octanol–water partition coefficient (Wildman–Crippen LogP) is 31.4. The van der Waals surface area contributed by atoms with E-state index in [2.05, 4.69) is 505 Å². The molecule has 4 heteroatoms. The van der Waals surface area contributed by atoms with Crippen LogP contribution in [0.1, 0.15) is 24.0 Å². The Morgan fingerprint density at radius 2 is 0.317 bits per heavy atom. The number of nitrogens with zero attached hydrogens (tertiary/aromatic N) is 4. The molecule has 0 saturated heterocycles. The third-order valence-electron chi connectivity index (χ3n) is 24.4. The second kappa shape index (κ2) is 31.3. The van der Waals surface area contributed by atoms with Crippen molar-refractivity contribution in [2.45, 2.75) is 24.2 Å². The lowest BCUT2D eigenvalue weighted by molar-refractivity contribution is 0.526. The molecule has 0 saturated carbocycles. The zero-order chi connectivity index (χ0) is 79.8. The molecular weight excluding hydrogens is 1450 g/mol. The van der Waals surface area contributed by atoms with Crippen LogP contribution in [0.5, 0.6) is 0 Å². The molecule has 0 aromatic heterocycles. The standard InChI is InChI=1S/2C58H42N2/c2*1-2-12-42(13-3-1)47-22-24-48(25-23-47)49-34-36-58(37-35-49,59(54-30-26-43-14-4-8-18-50(43)38-54)55-31-27-44-15-5-9-19-51(44)39-55)60(56-32-28-45-16-6-10-20-52(45)40-56)57-33-29-46-17-7-11-21-53(46)41-57/h2*1-36,38-41H,37H2. The maximum atomic E-state index is 2.58. The molecule has 0 heterocycles. The molecule has 4 nitrogen and oxygen atoms in total. The summed E-state index contributed by atoms with van der Waals surface area (Å²) >= 11 is 0. The zero-order valence-electron chi connectivity index (χ0n) is 66.4. The van der Waals surface area contributed by atoms with Gasteiger partial charge in [-0.05, 0) is 240 Å². The average Bonchev–Trinajstić information content (AvgIpc) is 0.726. The van der Waals surface area contributed by atoms with Crippen LogP contribution >= 0.6 is 0 Å². The minimum absolute atomic E-state index is 0.693. The Bertz CT molecular complexity index is 6300. The van der Waals surface area contributed by atoms with Crippen molar-refractivity contribution in [2.24, 2.45) is 0 Å². The van der Waals surface area contributed by atoms with Gasteiger partial charge in [-0.15, -0.1) is 0 Å². The summed E-state index contributed by atoms with van der Waals surface area (Å²) < 4.78 is 0. The van der Waals surface area contributed by atoms with Crippen molar-refractivity contribution in [1.29, 1.82) is 0 Å². The normalized spacial score (nSPS) is 13.4. The molecule has 0 fully saturated rings. The highest BCUT2D eigenvalue weighted by Gasteiger charge is 2.46. The van der Waals surface area contributed by atoms with Crippen molar-refractivity contribution in [3.63, 3.8) is 0 Å².